The Morgan fingerprint density at radius 2 is 1.71 bits per heavy atom. The van der Waals surface area contributed by atoms with Crippen LogP contribution in [0.2, 0.25) is 5.02 Å². The Morgan fingerprint density at radius 1 is 1.00 bits per heavy atom. The fraction of sp³-hybridized carbons (Fsp3) is 0.263. The standard InChI is InChI=1S/C19H19ClN2O2/c20-16-10-8-14(9-11-16)18(23)21-17-7-4-12-22(13-17)19(24)15-5-2-1-3-6-15/h1-3,5-6,8-11,17H,4,7,12-13H2,(H,21,23). The topological polar surface area (TPSA) is 49.4 Å². The summed E-state index contributed by atoms with van der Waals surface area (Å²) >= 11 is 5.84. The van der Waals surface area contributed by atoms with E-state index in [1.807, 2.05) is 35.2 Å². The Morgan fingerprint density at radius 3 is 2.42 bits per heavy atom. The minimum absolute atomic E-state index is 0.0149. The van der Waals surface area contributed by atoms with Gasteiger partial charge in [0.2, 0.25) is 0 Å². The molecule has 1 aliphatic heterocycles. The zero-order valence-electron chi connectivity index (χ0n) is 13.2. The molecule has 2 amide bonds. The predicted octanol–water partition coefficient (Wildman–Crippen LogP) is 3.37. The van der Waals surface area contributed by atoms with Crippen molar-refractivity contribution in [2.75, 3.05) is 13.1 Å². The second-order valence-corrected chi connectivity index (χ2v) is 6.37. The summed E-state index contributed by atoms with van der Waals surface area (Å²) < 4.78 is 0. The van der Waals surface area contributed by atoms with Crippen molar-refractivity contribution in [1.29, 1.82) is 0 Å². The molecule has 124 valence electrons. The first-order valence-corrected chi connectivity index (χ1v) is 8.42. The normalized spacial score (nSPS) is 17.4. The van der Waals surface area contributed by atoms with Crippen molar-refractivity contribution in [3.05, 3.63) is 70.7 Å². The monoisotopic (exact) mass is 342 g/mol. The van der Waals surface area contributed by atoms with E-state index in [4.69, 9.17) is 11.6 Å². The van der Waals surface area contributed by atoms with E-state index in [2.05, 4.69) is 5.32 Å². The summed E-state index contributed by atoms with van der Waals surface area (Å²) in [4.78, 5) is 26.7. The van der Waals surface area contributed by atoms with Crippen LogP contribution >= 0.6 is 11.6 Å². The number of hydrogen-bond donors (Lipinski definition) is 1. The molecule has 0 aliphatic carbocycles. The lowest BCUT2D eigenvalue weighted by atomic mass is 10.0. The fourth-order valence-corrected chi connectivity index (χ4v) is 3.04. The van der Waals surface area contributed by atoms with Crippen molar-refractivity contribution < 1.29 is 9.59 Å². The Kier molecular flexibility index (Phi) is 5.16. The third kappa shape index (κ3) is 3.95. The first-order chi connectivity index (χ1) is 11.6. The molecule has 1 atom stereocenters. The quantitative estimate of drug-likeness (QED) is 0.929. The lowest BCUT2D eigenvalue weighted by Gasteiger charge is -2.33. The highest BCUT2D eigenvalue weighted by Gasteiger charge is 2.25. The summed E-state index contributed by atoms with van der Waals surface area (Å²) in [6, 6.07) is 16.0. The molecule has 2 aromatic carbocycles. The molecular weight excluding hydrogens is 324 g/mol. The van der Waals surface area contributed by atoms with Gasteiger partial charge in [-0.05, 0) is 49.2 Å². The maximum absolute atomic E-state index is 12.5. The molecule has 4 nitrogen and oxygen atoms in total. The third-order valence-corrected chi connectivity index (χ3v) is 4.42. The van der Waals surface area contributed by atoms with Gasteiger partial charge in [0, 0.05) is 35.3 Å². The number of likely N-dealkylation sites (tertiary alicyclic amines) is 1. The molecule has 0 aromatic heterocycles. The summed E-state index contributed by atoms with van der Waals surface area (Å²) in [6.07, 6.45) is 1.75. The van der Waals surface area contributed by atoms with Crippen LogP contribution in [0.4, 0.5) is 0 Å². The number of nitrogens with zero attached hydrogens (tertiary/aromatic N) is 1. The molecule has 0 bridgehead atoms. The molecule has 0 saturated carbocycles. The minimum atomic E-state index is -0.134. The van der Waals surface area contributed by atoms with Gasteiger partial charge in [0.15, 0.2) is 0 Å². The number of amides is 2. The molecule has 0 radical (unpaired) electrons. The number of benzene rings is 2. The lowest BCUT2D eigenvalue weighted by Crippen LogP contribution is -2.49. The third-order valence-electron chi connectivity index (χ3n) is 4.17. The summed E-state index contributed by atoms with van der Waals surface area (Å²) in [7, 11) is 0. The maximum Gasteiger partial charge on any atom is 0.253 e. The predicted molar refractivity (Wildman–Crippen MR) is 94.3 cm³/mol. The van der Waals surface area contributed by atoms with E-state index in [1.165, 1.54) is 0 Å². The fourth-order valence-electron chi connectivity index (χ4n) is 2.91. The van der Waals surface area contributed by atoms with Crippen LogP contribution in [0.1, 0.15) is 33.6 Å². The molecule has 1 aliphatic rings. The number of rotatable bonds is 3. The minimum Gasteiger partial charge on any atom is -0.348 e. The van der Waals surface area contributed by atoms with E-state index in [0.717, 1.165) is 19.4 Å². The molecule has 1 heterocycles. The molecule has 1 saturated heterocycles. The van der Waals surface area contributed by atoms with Crippen LogP contribution in [0.25, 0.3) is 0 Å². The van der Waals surface area contributed by atoms with Gasteiger partial charge in [-0.1, -0.05) is 29.8 Å². The van der Waals surface area contributed by atoms with Crippen molar-refractivity contribution in [1.82, 2.24) is 10.2 Å². The van der Waals surface area contributed by atoms with Gasteiger partial charge in [0.1, 0.15) is 0 Å². The number of halogens is 1. The lowest BCUT2D eigenvalue weighted by molar-refractivity contribution is 0.0676. The number of carbonyl (C=O) groups excluding carboxylic acids is 2. The first kappa shape index (κ1) is 16.5. The van der Waals surface area contributed by atoms with Crippen LogP contribution in [-0.2, 0) is 0 Å². The zero-order valence-corrected chi connectivity index (χ0v) is 14.0. The van der Waals surface area contributed by atoms with Crippen molar-refractivity contribution in [3.8, 4) is 0 Å². The van der Waals surface area contributed by atoms with E-state index >= 15 is 0 Å². The Balaban J connectivity index is 1.62. The zero-order chi connectivity index (χ0) is 16.9. The van der Waals surface area contributed by atoms with Crippen molar-refractivity contribution in [3.63, 3.8) is 0 Å². The highest BCUT2D eigenvalue weighted by Crippen LogP contribution is 2.15. The first-order valence-electron chi connectivity index (χ1n) is 8.04. The molecule has 1 N–H and O–H groups in total. The van der Waals surface area contributed by atoms with E-state index in [1.54, 1.807) is 24.3 Å². The van der Waals surface area contributed by atoms with E-state index in [-0.39, 0.29) is 17.9 Å². The van der Waals surface area contributed by atoms with Gasteiger partial charge in [-0.2, -0.15) is 0 Å². The van der Waals surface area contributed by atoms with Gasteiger partial charge in [-0.3, -0.25) is 9.59 Å². The van der Waals surface area contributed by atoms with Crippen LogP contribution < -0.4 is 5.32 Å². The number of piperidine rings is 1. The van der Waals surface area contributed by atoms with Gasteiger partial charge in [0.05, 0.1) is 0 Å². The van der Waals surface area contributed by atoms with Crippen LogP contribution in [0, 0.1) is 0 Å². The highest BCUT2D eigenvalue weighted by atomic mass is 35.5. The average molecular weight is 343 g/mol. The Labute approximate surface area is 146 Å². The van der Waals surface area contributed by atoms with Crippen molar-refractivity contribution in [2.24, 2.45) is 0 Å². The van der Waals surface area contributed by atoms with Crippen LogP contribution in [0.15, 0.2) is 54.6 Å². The van der Waals surface area contributed by atoms with Crippen LogP contribution in [0.3, 0.4) is 0 Å². The molecular formula is C19H19ClN2O2. The van der Waals surface area contributed by atoms with Crippen molar-refractivity contribution >= 4 is 23.4 Å². The van der Waals surface area contributed by atoms with Gasteiger partial charge in [0.25, 0.3) is 11.8 Å². The molecule has 0 spiro atoms. The van der Waals surface area contributed by atoms with Gasteiger partial charge in [-0.25, -0.2) is 0 Å². The van der Waals surface area contributed by atoms with Gasteiger partial charge in [-0.15, -0.1) is 0 Å². The number of carbonyl (C=O) groups is 2. The smallest absolute Gasteiger partial charge is 0.253 e. The second kappa shape index (κ2) is 7.49. The summed E-state index contributed by atoms with van der Waals surface area (Å²) in [5, 5.41) is 3.62. The Hall–Kier alpha value is -2.33. The highest BCUT2D eigenvalue weighted by molar-refractivity contribution is 6.30. The van der Waals surface area contributed by atoms with Crippen LogP contribution in [-0.4, -0.2) is 35.8 Å². The van der Waals surface area contributed by atoms with E-state index in [0.29, 0.717) is 22.7 Å². The van der Waals surface area contributed by atoms with Gasteiger partial charge >= 0.3 is 0 Å². The average Bonchev–Trinajstić information content (AvgIpc) is 2.62. The largest absolute Gasteiger partial charge is 0.348 e. The van der Waals surface area contributed by atoms with Gasteiger partial charge < -0.3 is 10.2 Å². The SMILES string of the molecule is O=C(NC1CCCN(C(=O)c2ccccc2)C1)c1ccc(Cl)cc1. The van der Waals surface area contributed by atoms with E-state index in [9.17, 15) is 9.59 Å². The number of nitrogens with one attached hydrogen (secondary N) is 1. The molecule has 3 rings (SSSR count). The van der Waals surface area contributed by atoms with E-state index < -0.39 is 0 Å². The second-order valence-electron chi connectivity index (χ2n) is 5.94. The summed E-state index contributed by atoms with van der Waals surface area (Å²) in [5.41, 5.74) is 1.26. The molecule has 1 unspecified atom stereocenters. The maximum atomic E-state index is 12.5. The molecule has 5 heteroatoms. The molecule has 24 heavy (non-hydrogen) atoms. The molecule has 2 aromatic rings. The Bertz CT molecular complexity index is 716. The summed E-state index contributed by atoms with van der Waals surface area (Å²) in [5.74, 6) is -0.119. The summed E-state index contributed by atoms with van der Waals surface area (Å²) in [6.45, 7) is 1.26. The molecule has 1 fully saturated rings. The van der Waals surface area contributed by atoms with Crippen LogP contribution in [0.5, 0.6) is 0 Å². The number of hydrogen-bond acceptors (Lipinski definition) is 2. The van der Waals surface area contributed by atoms with Crippen molar-refractivity contribution in [2.45, 2.75) is 18.9 Å².